The van der Waals surface area contributed by atoms with Crippen LogP contribution in [0.25, 0.3) is 11.4 Å². The van der Waals surface area contributed by atoms with E-state index >= 15 is 0 Å². The van der Waals surface area contributed by atoms with Crippen molar-refractivity contribution in [3.63, 3.8) is 0 Å². The molecule has 110 valence electrons. The van der Waals surface area contributed by atoms with Gasteiger partial charge < -0.3 is 5.73 Å². The Kier molecular flexibility index (Phi) is 4.08. The second-order valence-electron chi connectivity index (χ2n) is 5.75. The van der Waals surface area contributed by atoms with Crippen LogP contribution in [0.5, 0.6) is 0 Å². The molecule has 0 amide bonds. The summed E-state index contributed by atoms with van der Waals surface area (Å²) in [5.41, 5.74) is 7.94. The van der Waals surface area contributed by atoms with E-state index in [1.54, 1.807) is 12.4 Å². The molecule has 0 bridgehead atoms. The molecule has 0 aliphatic heterocycles. The van der Waals surface area contributed by atoms with Gasteiger partial charge in [0.25, 0.3) is 0 Å². The Labute approximate surface area is 125 Å². The van der Waals surface area contributed by atoms with E-state index in [9.17, 15) is 0 Å². The third kappa shape index (κ3) is 3.17. The molecule has 3 rings (SSSR count). The maximum Gasteiger partial charge on any atom is 0.223 e. The molecule has 5 heteroatoms. The molecular weight excluding hydrogens is 262 g/mol. The molecule has 2 aromatic rings. The number of aryl methyl sites for hydroxylation is 1. The molecular formula is C16H21N5. The van der Waals surface area contributed by atoms with Crippen LogP contribution in [-0.2, 0) is 0 Å². The SMILES string of the molecule is Cc1ccncc1-c1nc(N)nc(C2CCCCCC2)n1. The quantitative estimate of drug-likeness (QED) is 0.856. The summed E-state index contributed by atoms with van der Waals surface area (Å²) >= 11 is 0. The first-order valence-corrected chi connectivity index (χ1v) is 7.66. The smallest absolute Gasteiger partial charge is 0.223 e. The summed E-state index contributed by atoms with van der Waals surface area (Å²) in [7, 11) is 0. The lowest BCUT2D eigenvalue weighted by Crippen LogP contribution is -2.10. The lowest BCUT2D eigenvalue weighted by molar-refractivity contribution is 0.559. The summed E-state index contributed by atoms with van der Waals surface area (Å²) in [4.78, 5) is 17.5. The highest BCUT2D eigenvalue weighted by Gasteiger charge is 2.19. The molecule has 0 spiro atoms. The van der Waals surface area contributed by atoms with E-state index in [1.807, 2.05) is 13.0 Å². The zero-order chi connectivity index (χ0) is 14.7. The summed E-state index contributed by atoms with van der Waals surface area (Å²) in [6.45, 7) is 2.03. The van der Waals surface area contributed by atoms with Gasteiger partial charge in [-0.05, 0) is 31.4 Å². The third-order valence-electron chi connectivity index (χ3n) is 4.17. The summed E-state index contributed by atoms with van der Waals surface area (Å²) in [6.07, 6.45) is 11.0. The lowest BCUT2D eigenvalue weighted by Gasteiger charge is -2.14. The zero-order valence-corrected chi connectivity index (χ0v) is 12.4. The van der Waals surface area contributed by atoms with Crippen LogP contribution in [0.4, 0.5) is 5.95 Å². The Bertz CT molecular complexity index is 618. The molecule has 0 aromatic carbocycles. The highest BCUT2D eigenvalue weighted by molar-refractivity contribution is 5.59. The third-order valence-corrected chi connectivity index (χ3v) is 4.17. The van der Waals surface area contributed by atoms with Crippen LogP contribution in [0.1, 0.15) is 55.8 Å². The van der Waals surface area contributed by atoms with Gasteiger partial charge in [0.2, 0.25) is 5.95 Å². The van der Waals surface area contributed by atoms with Crippen molar-refractivity contribution in [3.8, 4) is 11.4 Å². The van der Waals surface area contributed by atoms with Crippen molar-refractivity contribution in [1.82, 2.24) is 19.9 Å². The number of nitrogens with zero attached hydrogens (tertiary/aromatic N) is 4. The van der Waals surface area contributed by atoms with Gasteiger partial charge in [-0.25, -0.2) is 4.98 Å². The van der Waals surface area contributed by atoms with Crippen molar-refractivity contribution < 1.29 is 0 Å². The Morgan fingerprint density at radius 1 is 1.05 bits per heavy atom. The van der Waals surface area contributed by atoms with Crippen molar-refractivity contribution in [2.24, 2.45) is 0 Å². The first-order valence-electron chi connectivity index (χ1n) is 7.66. The molecule has 1 fully saturated rings. The van der Waals surface area contributed by atoms with Gasteiger partial charge in [-0.3, -0.25) is 4.98 Å². The van der Waals surface area contributed by atoms with Crippen LogP contribution < -0.4 is 5.73 Å². The minimum atomic E-state index is 0.308. The van der Waals surface area contributed by atoms with Crippen molar-refractivity contribution in [1.29, 1.82) is 0 Å². The van der Waals surface area contributed by atoms with Gasteiger partial charge in [0.1, 0.15) is 5.82 Å². The number of nitrogen functional groups attached to an aromatic ring is 1. The predicted octanol–water partition coefficient (Wildman–Crippen LogP) is 3.26. The zero-order valence-electron chi connectivity index (χ0n) is 12.4. The summed E-state index contributed by atoms with van der Waals surface area (Å²) in [5, 5.41) is 0. The van der Waals surface area contributed by atoms with Gasteiger partial charge in [0.15, 0.2) is 5.82 Å². The normalized spacial score (nSPS) is 16.6. The second-order valence-corrected chi connectivity index (χ2v) is 5.75. The largest absolute Gasteiger partial charge is 0.368 e. The molecule has 0 atom stereocenters. The molecule has 0 radical (unpaired) electrons. The Balaban J connectivity index is 1.98. The van der Waals surface area contributed by atoms with Crippen LogP contribution in [0, 0.1) is 6.92 Å². The number of rotatable bonds is 2. The van der Waals surface area contributed by atoms with E-state index in [2.05, 4.69) is 19.9 Å². The van der Waals surface area contributed by atoms with Gasteiger partial charge in [-0.1, -0.05) is 25.7 Å². The van der Waals surface area contributed by atoms with Crippen LogP contribution in [-0.4, -0.2) is 19.9 Å². The first kappa shape index (κ1) is 13.9. The maximum absolute atomic E-state index is 5.91. The van der Waals surface area contributed by atoms with E-state index in [4.69, 9.17) is 5.73 Å². The van der Waals surface area contributed by atoms with Gasteiger partial charge in [0.05, 0.1) is 0 Å². The van der Waals surface area contributed by atoms with E-state index in [1.165, 1.54) is 25.7 Å². The molecule has 2 aromatic heterocycles. The monoisotopic (exact) mass is 283 g/mol. The average Bonchev–Trinajstić information content (AvgIpc) is 2.76. The van der Waals surface area contributed by atoms with Gasteiger partial charge in [-0.2, -0.15) is 9.97 Å². The van der Waals surface area contributed by atoms with Crippen molar-refractivity contribution >= 4 is 5.95 Å². The number of pyridine rings is 1. The van der Waals surface area contributed by atoms with Gasteiger partial charge in [0, 0.05) is 23.9 Å². The molecule has 1 aliphatic carbocycles. The minimum absolute atomic E-state index is 0.308. The predicted molar refractivity (Wildman–Crippen MR) is 82.7 cm³/mol. The van der Waals surface area contributed by atoms with Crippen molar-refractivity contribution in [3.05, 3.63) is 29.8 Å². The van der Waals surface area contributed by atoms with Crippen LogP contribution in [0.2, 0.25) is 0 Å². The molecule has 21 heavy (non-hydrogen) atoms. The Morgan fingerprint density at radius 3 is 2.52 bits per heavy atom. The van der Waals surface area contributed by atoms with Crippen molar-refractivity contribution in [2.75, 3.05) is 5.73 Å². The molecule has 5 nitrogen and oxygen atoms in total. The fraction of sp³-hybridized carbons (Fsp3) is 0.500. The number of hydrogen-bond donors (Lipinski definition) is 1. The number of anilines is 1. The highest BCUT2D eigenvalue weighted by Crippen LogP contribution is 2.30. The molecule has 0 saturated heterocycles. The van der Waals surface area contributed by atoms with Gasteiger partial charge >= 0.3 is 0 Å². The molecule has 1 aliphatic rings. The average molecular weight is 283 g/mol. The lowest BCUT2D eigenvalue weighted by atomic mass is 9.99. The van der Waals surface area contributed by atoms with Crippen LogP contribution in [0.3, 0.4) is 0 Å². The van der Waals surface area contributed by atoms with Gasteiger partial charge in [-0.15, -0.1) is 0 Å². The van der Waals surface area contributed by atoms with E-state index in [-0.39, 0.29) is 0 Å². The fourth-order valence-corrected chi connectivity index (χ4v) is 2.95. The van der Waals surface area contributed by atoms with E-state index in [0.29, 0.717) is 17.7 Å². The minimum Gasteiger partial charge on any atom is -0.368 e. The van der Waals surface area contributed by atoms with Crippen molar-refractivity contribution in [2.45, 2.75) is 51.4 Å². The maximum atomic E-state index is 5.91. The Morgan fingerprint density at radius 2 is 1.81 bits per heavy atom. The molecule has 1 saturated carbocycles. The highest BCUT2D eigenvalue weighted by atomic mass is 15.1. The number of nitrogens with two attached hydrogens (primary N) is 1. The molecule has 2 N–H and O–H groups in total. The summed E-state index contributed by atoms with van der Waals surface area (Å²) in [5.74, 6) is 2.21. The first-order chi connectivity index (χ1) is 10.2. The number of aromatic nitrogens is 4. The second kappa shape index (κ2) is 6.16. The van der Waals surface area contributed by atoms with E-state index < -0.39 is 0 Å². The molecule has 0 unspecified atom stereocenters. The van der Waals surface area contributed by atoms with E-state index in [0.717, 1.165) is 29.8 Å². The van der Waals surface area contributed by atoms with Crippen LogP contribution >= 0.6 is 0 Å². The fourth-order valence-electron chi connectivity index (χ4n) is 2.95. The molecule has 2 heterocycles. The Hall–Kier alpha value is -2.04. The summed E-state index contributed by atoms with van der Waals surface area (Å²) in [6, 6.07) is 1.96. The van der Waals surface area contributed by atoms with Crippen LogP contribution in [0.15, 0.2) is 18.5 Å². The summed E-state index contributed by atoms with van der Waals surface area (Å²) < 4.78 is 0. The standard InChI is InChI=1S/C16H21N5/c1-11-8-9-18-10-13(11)15-19-14(20-16(17)21-15)12-6-4-2-3-5-7-12/h8-10,12H,2-7H2,1H3,(H2,17,19,20,21). The topological polar surface area (TPSA) is 77.6 Å². The number of hydrogen-bond acceptors (Lipinski definition) is 5.